The zero-order valence-electron chi connectivity index (χ0n) is 26.5. The van der Waals surface area contributed by atoms with E-state index < -0.39 is 5.79 Å². The average Bonchev–Trinajstić information content (AvgIpc) is 3.07. The summed E-state index contributed by atoms with van der Waals surface area (Å²) in [6.45, 7) is 4.62. The fraction of sp³-hybridized carbons (Fsp3) is 0.447. The molecule has 3 N–H and O–H groups in total. The minimum absolute atomic E-state index is 0.0412. The molecule has 1 heterocycles. The maximum atomic E-state index is 10.8. The average molecular weight is 644 g/mol. The molecule has 6 unspecified atom stereocenters. The van der Waals surface area contributed by atoms with Gasteiger partial charge in [0.15, 0.2) is 0 Å². The standard InChI is InChI=1S/C38H45NO6S/c1-3-20-44-38-35(46-29-16-14-25-10-4-5-11-26(25)21-29)24-33(39-43-2)31-22-27(12-6-8-18-40)30(13-7-9-19-41)36(37(31)38)32-23-28(42)15-17-34(32)45-38/h3-5,10-11,14-17,21-23,27,30,35-37,40-42H,1,6-9,12-13,18-20,24H2,2H3. The van der Waals surface area contributed by atoms with Crippen molar-refractivity contribution >= 4 is 28.2 Å². The summed E-state index contributed by atoms with van der Waals surface area (Å²) in [5, 5.41) is 36.9. The largest absolute Gasteiger partial charge is 0.508 e. The normalized spacial score (nSPS) is 27.4. The van der Waals surface area contributed by atoms with Crippen LogP contribution in [0, 0.1) is 17.8 Å². The van der Waals surface area contributed by atoms with Gasteiger partial charge in [-0.05, 0) is 84.2 Å². The Hall–Kier alpha value is -3.30. The molecule has 0 amide bonds. The van der Waals surface area contributed by atoms with Crippen molar-refractivity contribution in [3.8, 4) is 11.5 Å². The first kappa shape index (κ1) is 32.6. The van der Waals surface area contributed by atoms with Crippen LogP contribution in [0.1, 0.15) is 56.4 Å². The molecule has 6 atom stereocenters. The van der Waals surface area contributed by atoms with Gasteiger partial charge in [0.2, 0.25) is 5.79 Å². The first-order valence-corrected chi connectivity index (χ1v) is 17.4. The van der Waals surface area contributed by atoms with Gasteiger partial charge in [0, 0.05) is 36.0 Å². The Morgan fingerprint density at radius 1 is 1.00 bits per heavy atom. The molecule has 1 fully saturated rings. The Kier molecular flexibility index (Phi) is 10.4. The van der Waals surface area contributed by atoms with Gasteiger partial charge >= 0.3 is 0 Å². The molecule has 1 saturated carbocycles. The van der Waals surface area contributed by atoms with E-state index in [1.807, 2.05) is 12.1 Å². The number of benzene rings is 3. The van der Waals surface area contributed by atoms with Crippen LogP contribution in [0.3, 0.4) is 0 Å². The van der Waals surface area contributed by atoms with E-state index in [-0.39, 0.29) is 47.9 Å². The number of phenolic OH excluding ortho intramolecular Hbond substituents is 1. The lowest BCUT2D eigenvalue weighted by atomic mass is 9.56. The third-order valence-corrected chi connectivity index (χ3v) is 11.1. The van der Waals surface area contributed by atoms with Gasteiger partial charge in [-0.1, -0.05) is 60.5 Å². The molecule has 0 aromatic heterocycles. The highest BCUT2D eigenvalue weighted by molar-refractivity contribution is 8.00. The van der Waals surface area contributed by atoms with Crippen LogP contribution in [0.2, 0.25) is 0 Å². The molecule has 6 rings (SSSR count). The van der Waals surface area contributed by atoms with Gasteiger partial charge in [-0.15, -0.1) is 18.3 Å². The molecule has 8 heteroatoms. The summed E-state index contributed by atoms with van der Waals surface area (Å²) in [6, 6.07) is 20.3. The van der Waals surface area contributed by atoms with Crippen LogP contribution in [-0.4, -0.2) is 59.0 Å². The Labute approximate surface area is 275 Å². The van der Waals surface area contributed by atoms with E-state index in [0.717, 1.165) is 66.0 Å². The van der Waals surface area contributed by atoms with Crippen LogP contribution in [0.15, 0.2) is 95.0 Å². The Balaban J connectivity index is 1.53. The van der Waals surface area contributed by atoms with E-state index in [2.05, 4.69) is 60.3 Å². The van der Waals surface area contributed by atoms with Crippen LogP contribution in [0.4, 0.5) is 0 Å². The zero-order valence-corrected chi connectivity index (χ0v) is 27.3. The lowest BCUT2D eigenvalue weighted by molar-refractivity contribution is -0.223. The molecule has 46 heavy (non-hydrogen) atoms. The van der Waals surface area contributed by atoms with E-state index in [1.54, 1.807) is 31.0 Å². The summed E-state index contributed by atoms with van der Waals surface area (Å²) in [7, 11) is 1.59. The highest BCUT2D eigenvalue weighted by atomic mass is 32.2. The lowest BCUT2D eigenvalue weighted by Gasteiger charge is -2.58. The summed E-state index contributed by atoms with van der Waals surface area (Å²) in [5.41, 5.74) is 2.94. The smallest absolute Gasteiger partial charge is 0.231 e. The summed E-state index contributed by atoms with van der Waals surface area (Å²) in [4.78, 5) is 6.60. The van der Waals surface area contributed by atoms with Gasteiger partial charge in [-0.3, -0.25) is 0 Å². The third kappa shape index (κ3) is 6.33. The minimum atomic E-state index is -1.05. The molecular weight excluding hydrogens is 598 g/mol. The molecule has 0 bridgehead atoms. The van der Waals surface area contributed by atoms with Gasteiger partial charge in [0.25, 0.3) is 0 Å². The van der Waals surface area contributed by atoms with Crippen molar-refractivity contribution in [2.24, 2.45) is 22.9 Å². The predicted octanol–water partition coefficient (Wildman–Crippen LogP) is 7.60. The number of phenols is 1. The van der Waals surface area contributed by atoms with Crippen LogP contribution in [-0.2, 0) is 9.57 Å². The number of fused-ring (bicyclic) bond motifs is 3. The second-order valence-electron chi connectivity index (χ2n) is 12.6. The van der Waals surface area contributed by atoms with Crippen molar-refractivity contribution in [1.82, 2.24) is 0 Å². The van der Waals surface area contributed by atoms with E-state index in [1.165, 1.54) is 10.8 Å². The van der Waals surface area contributed by atoms with Gasteiger partial charge < -0.3 is 29.6 Å². The van der Waals surface area contributed by atoms with Gasteiger partial charge in [-0.25, -0.2) is 0 Å². The first-order valence-electron chi connectivity index (χ1n) is 16.5. The molecule has 1 aliphatic heterocycles. The summed E-state index contributed by atoms with van der Waals surface area (Å²) in [6.07, 6.45) is 9.80. The molecule has 7 nitrogen and oxygen atoms in total. The Morgan fingerprint density at radius 2 is 1.78 bits per heavy atom. The molecule has 3 aromatic rings. The van der Waals surface area contributed by atoms with Crippen molar-refractivity contribution in [1.29, 1.82) is 0 Å². The number of aliphatic hydroxyl groups is 2. The van der Waals surface area contributed by atoms with E-state index >= 15 is 0 Å². The Morgan fingerprint density at radius 3 is 2.54 bits per heavy atom. The molecule has 0 spiro atoms. The molecular formula is C38H45NO6S. The monoisotopic (exact) mass is 643 g/mol. The van der Waals surface area contributed by atoms with Crippen molar-refractivity contribution in [3.05, 3.63) is 90.5 Å². The molecule has 244 valence electrons. The first-order chi connectivity index (χ1) is 22.5. The van der Waals surface area contributed by atoms with Gasteiger partial charge in [-0.2, -0.15) is 0 Å². The number of ether oxygens (including phenoxy) is 2. The summed E-state index contributed by atoms with van der Waals surface area (Å²) in [5.74, 6) is 0.0100. The number of nitrogens with zero attached hydrogens (tertiary/aromatic N) is 1. The zero-order chi connectivity index (χ0) is 32.1. The number of unbranched alkanes of at least 4 members (excludes halogenated alkanes) is 2. The Bertz CT molecular complexity index is 1590. The maximum Gasteiger partial charge on any atom is 0.231 e. The highest BCUT2D eigenvalue weighted by Gasteiger charge is 2.64. The number of aromatic hydroxyl groups is 1. The molecule has 3 aromatic carbocycles. The lowest BCUT2D eigenvalue weighted by Crippen LogP contribution is -2.64. The number of hydrogen-bond donors (Lipinski definition) is 3. The molecule has 2 aliphatic carbocycles. The van der Waals surface area contributed by atoms with E-state index in [4.69, 9.17) is 14.3 Å². The second-order valence-corrected chi connectivity index (χ2v) is 13.9. The number of rotatable bonds is 14. The predicted molar refractivity (Wildman–Crippen MR) is 183 cm³/mol. The summed E-state index contributed by atoms with van der Waals surface area (Å²) >= 11 is 1.74. The number of hydrogen-bond acceptors (Lipinski definition) is 8. The fourth-order valence-electron chi connectivity index (χ4n) is 7.95. The quantitative estimate of drug-likeness (QED) is 0.0945. The molecule has 0 saturated heterocycles. The highest BCUT2D eigenvalue weighted by Crippen LogP contribution is 2.63. The van der Waals surface area contributed by atoms with Crippen LogP contribution >= 0.6 is 11.8 Å². The number of aliphatic hydroxyl groups excluding tert-OH is 2. The maximum absolute atomic E-state index is 10.8. The second kappa shape index (κ2) is 14.6. The number of allylic oxidation sites excluding steroid dienone is 1. The SMILES string of the molecule is C=CCOC12Oc3ccc(O)cc3C3C(CCCCO)C(CCCCO)C=C(C(=NOC)CC1Sc1ccc4ccccc4c1)C32. The fourth-order valence-corrected chi connectivity index (χ4v) is 9.29. The van der Waals surface area contributed by atoms with Crippen LogP contribution in [0.5, 0.6) is 11.5 Å². The number of oxime groups is 1. The van der Waals surface area contributed by atoms with E-state index in [0.29, 0.717) is 13.0 Å². The number of thioether (sulfide) groups is 1. The summed E-state index contributed by atoms with van der Waals surface area (Å²) < 4.78 is 14.0. The van der Waals surface area contributed by atoms with Crippen molar-refractivity contribution in [2.45, 2.75) is 66.8 Å². The molecule has 0 radical (unpaired) electrons. The van der Waals surface area contributed by atoms with E-state index in [9.17, 15) is 15.3 Å². The topological polar surface area (TPSA) is 101 Å². The van der Waals surface area contributed by atoms with Gasteiger partial charge in [0.05, 0.1) is 23.5 Å². The van der Waals surface area contributed by atoms with Crippen molar-refractivity contribution in [3.63, 3.8) is 0 Å². The minimum Gasteiger partial charge on any atom is -0.508 e. The van der Waals surface area contributed by atoms with Crippen LogP contribution in [0.25, 0.3) is 10.8 Å². The molecule has 3 aliphatic rings. The van der Waals surface area contributed by atoms with Gasteiger partial charge in [0.1, 0.15) is 18.6 Å². The third-order valence-electron chi connectivity index (χ3n) is 9.83. The van der Waals surface area contributed by atoms with Crippen molar-refractivity contribution < 1.29 is 29.6 Å². The van der Waals surface area contributed by atoms with Crippen LogP contribution < -0.4 is 4.74 Å². The van der Waals surface area contributed by atoms with Crippen molar-refractivity contribution in [2.75, 3.05) is 26.9 Å².